The number of carbonyl (C=O) groups is 2. The Hall–Kier alpha value is -2.01. The first-order valence-electron chi connectivity index (χ1n) is 5.34. The Morgan fingerprint density at radius 1 is 1.22 bits per heavy atom. The maximum Gasteiger partial charge on any atom is 0.299 e. The van der Waals surface area contributed by atoms with Gasteiger partial charge in [0.15, 0.2) is 0 Å². The molecule has 0 saturated heterocycles. The van der Waals surface area contributed by atoms with Gasteiger partial charge in [-0.1, -0.05) is 6.07 Å². The summed E-state index contributed by atoms with van der Waals surface area (Å²) in [4.78, 5) is 24.8. The van der Waals surface area contributed by atoms with Crippen molar-refractivity contribution in [3.63, 3.8) is 0 Å². The van der Waals surface area contributed by atoms with Gasteiger partial charge in [-0.15, -0.1) is 0 Å². The van der Waals surface area contributed by atoms with Crippen LogP contribution < -0.4 is 4.90 Å². The van der Waals surface area contributed by atoms with Gasteiger partial charge in [0.05, 0.1) is 17.8 Å². The van der Waals surface area contributed by atoms with Gasteiger partial charge in [-0.25, -0.2) is 4.39 Å². The molecule has 0 radical (unpaired) electrons. The lowest BCUT2D eigenvalue weighted by Crippen LogP contribution is -2.29. The van der Waals surface area contributed by atoms with Gasteiger partial charge in [-0.3, -0.25) is 14.5 Å². The first-order valence-corrected chi connectivity index (χ1v) is 6.28. The molecular weight excluding hydrogens is 253 g/mol. The molecule has 1 aliphatic rings. The van der Waals surface area contributed by atoms with Crippen LogP contribution in [0.5, 0.6) is 0 Å². The molecule has 0 bridgehead atoms. The number of thiophene rings is 1. The average Bonchev–Trinajstić information content (AvgIpc) is 2.94. The lowest BCUT2D eigenvalue weighted by Gasteiger charge is -2.15. The van der Waals surface area contributed by atoms with Gasteiger partial charge < -0.3 is 0 Å². The summed E-state index contributed by atoms with van der Waals surface area (Å²) < 4.78 is 13.8. The standard InChI is InChI=1S/C13H8FNO2S/c14-10-3-1-2-9-11(10)15(13(17)12(9)16)6-8-4-5-18-7-8/h1-5,7H,6H2. The van der Waals surface area contributed by atoms with Gasteiger partial charge >= 0.3 is 0 Å². The van der Waals surface area contributed by atoms with E-state index >= 15 is 0 Å². The van der Waals surface area contributed by atoms with E-state index in [2.05, 4.69) is 0 Å². The van der Waals surface area contributed by atoms with Crippen LogP contribution in [0.3, 0.4) is 0 Å². The predicted molar refractivity (Wildman–Crippen MR) is 66.2 cm³/mol. The highest BCUT2D eigenvalue weighted by Crippen LogP contribution is 2.32. The summed E-state index contributed by atoms with van der Waals surface area (Å²) >= 11 is 1.49. The van der Waals surface area contributed by atoms with Gasteiger partial charge in [0.25, 0.3) is 11.7 Å². The highest BCUT2D eigenvalue weighted by Gasteiger charge is 2.37. The summed E-state index contributed by atoms with van der Waals surface area (Å²) in [5.74, 6) is -1.84. The van der Waals surface area contributed by atoms with E-state index in [1.165, 1.54) is 34.4 Å². The molecule has 0 atom stereocenters. The molecule has 1 amide bonds. The van der Waals surface area contributed by atoms with Crippen molar-refractivity contribution in [3.05, 3.63) is 52.0 Å². The van der Waals surface area contributed by atoms with Crippen molar-refractivity contribution >= 4 is 28.7 Å². The predicted octanol–water partition coefficient (Wildman–Crippen LogP) is 2.62. The van der Waals surface area contributed by atoms with Crippen LogP contribution in [0.2, 0.25) is 0 Å². The number of anilines is 1. The largest absolute Gasteiger partial charge is 0.299 e. The summed E-state index contributed by atoms with van der Waals surface area (Å²) in [6.45, 7) is 0.224. The highest BCUT2D eigenvalue weighted by atomic mass is 32.1. The summed E-state index contributed by atoms with van der Waals surface area (Å²) in [5.41, 5.74) is 1.13. The molecular formula is C13H8FNO2S. The van der Waals surface area contributed by atoms with Crippen molar-refractivity contribution in [2.24, 2.45) is 0 Å². The molecule has 90 valence electrons. The molecule has 3 rings (SSSR count). The van der Waals surface area contributed by atoms with Gasteiger partial charge in [0.2, 0.25) is 0 Å². The molecule has 0 aliphatic carbocycles. The van der Waals surface area contributed by atoms with E-state index in [0.29, 0.717) is 0 Å². The van der Waals surface area contributed by atoms with E-state index in [1.54, 1.807) is 0 Å². The molecule has 3 nitrogen and oxygen atoms in total. The number of amides is 1. The minimum Gasteiger partial charge on any atom is -0.298 e. The van der Waals surface area contributed by atoms with E-state index in [-0.39, 0.29) is 17.8 Å². The maximum atomic E-state index is 13.8. The van der Waals surface area contributed by atoms with Crippen molar-refractivity contribution < 1.29 is 14.0 Å². The number of nitrogens with zero attached hydrogens (tertiary/aromatic N) is 1. The third kappa shape index (κ3) is 1.55. The first-order chi connectivity index (χ1) is 8.68. The molecule has 1 aromatic carbocycles. The zero-order chi connectivity index (χ0) is 12.7. The van der Waals surface area contributed by atoms with E-state index in [0.717, 1.165) is 5.56 Å². The number of para-hydroxylation sites is 1. The molecule has 1 aromatic heterocycles. The molecule has 0 fully saturated rings. The van der Waals surface area contributed by atoms with Gasteiger partial charge in [-0.05, 0) is 34.5 Å². The Balaban J connectivity index is 2.07. The van der Waals surface area contributed by atoms with E-state index in [4.69, 9.17) is 0 Å². The molecule has 2 aromatic rings. The van der Waals surface area contributed by atoms with Gasteiger partial charge in [-0.2, -0.15) is 11.3 Å². The van der Waals surface area contributed by atoms with Crippen molar-refractivity contribution in [3.8, 4) is 0 Å². The second kappa shape index (κ2) is 4.03. The number of hydrogen-bond acceptors (Lipinski definition) is 3. The topological polar surface area (TPSA) is 37.4 Å². The van der Waals surface area contributed by atoms with Gasteiger partial charge in [0.1, 0.15) is 5.82 Å². The lowest BCUT2D eigenvalue weighted by molar-refractivity contribution is -0.114. The van der Waals surface area contributed by atoms with Crippen molar-refractivity contribution in [1.82, 2.24) is 0 Å². The fourth-order valence-corrected chi connectivity index (χ4v) is 2.69. The molecule has 0 N–H and O–H groups in total. The summed E-state index contributed by atoms with van der Waals surface area (Å²) in [6.07, 6.45) is 0. The third-order valence-electron chi connectivity index (χ3n) is 2.86. The average molecular weight is 261 g/mol. The fraction of sp³-hybridized carbons (Fsp3) is 0.0769. The highest BCUT2D eigenvalue weighted by molar-refractivity contribution is 7.07. The number of benzene rings is 1. The minimum atomic E-state index is -0.665. The van der Waals surface area contributed by atoms with Crippen molar-refractivity contribution in [1.29, 1.82) is 0 Å². The molecule has 0 unspecified atom stereocenters. The molecule has 2 heterocycles. The SMILES string of the molecule is O=C1C(=O)N(Cc2ccsc2)c2c(F)cccc21. The Morgan fingerprint density at radius 2 is 2.06 bits per heavy atom. The number of Topliss-reactive ketones (excluding diaryl/α,β-unsaturated/α-hetero) is 1. The fourth-order valence-electron chi connectivity index (χ4n) is 2.03. The zero-order valence-electron chi connectivity index (χ0n) is 9.22. The van der Waals surface area contributed by atoms with Crippen LogP contribution in [0.15, 0.2) is 35.0 Å². The molecule has 0 saturated carbocycles. The van der Waals surface area contributed by atoms with Gasteiger partial charge in [0, 0.05) is 0 Å². The number of ketones is 1. The zero-order valence-corrected chi connectivity index (χ0v) is 10.0. The third-order valence-corrected chi connectivity index (χ3v) is 3.59. The minimum absolute atomic E-state index is 0.0960. The normalized spacial score (nSPS) is 14.2. The van der Waals surface area contributed by atoms with E-state index in [9.17, 15) is 14.0 Å². The number of hydrogen-bond donors (Lipinski definition) is 0. The van der Waals surface area contributed by atoms with E-state index in [1.807, 2.05) is 16.8 Å². The summed E-state index contributed by atoms with van der Waals surface area (Å²) in [5, 5.41) is 3.75. The summed E-state index contributed by atoms with van der Waals surface area (Å²) in [7, 11) is 0. The first kappa shape index (κ1) is 11.1. The molecule has 5 heteroatoms. The molecule has 0 spiro atoms. The van der Waals surface area contributed by atoms with Crippen LogP contribution >= 0.6 is 11.3 Å². The Bertz CT molecular complexity index is 636. The Labute approximate surface area is 106 Å². The molecule has 18 heavy (non-hydrogen) atoms. The second-order valence-corrected chi connectivity index (χ2v) is 4.77. The van der Waals surface area contributed by atoms with Crippen LogP contribution in [0.4, 0.5) is 10.1 Å². The number of fused-ring (bicyclic) bond motifs is 1. The number of halogens is 1. The van der Waals surface area contributed by atoms with Crippen LogP contribution in [0.1, 0.15) is 15.9 Å². The van der Waals surface area contributed by atoms with E-state index < -0.39 is 17.5 Å². The smallest absolute Gasteiger partial charge is 0.298 e. The van der Waals surface area contributed by atoms with Crippen molar-refractivity contribution in [2.75, 3.05) is 4.90 Å². The molecule has 1 aliphatic heterocycles. The van der Waals surface area contributed by atoms with Crippen LogP contribution in [0.25, 0.3) is 0 Å². The maximum absolute atomic E-state index is 13.8. The van der Waals surface area contributed by atoms with Crippen LogP contribution in [-0.2, 0) is 11.3 Å². The Kier molecular flexibility index (Phi) is 2.48. The van der Waals surface area contributed by atoms with Crippen LogP contribution in [-0.4, -0.2) is 11.7 Å². The van der Waals surface area contributed by atoms with Crippen LogP contribution in [0, 0.1) is 5.82 Å². The Morgan fingerprint density at radius 3 is 2.78 bits per heavy atom. The quantitative estimate of drug-likeness (QED) is 0.779. The second-order valence-electron chi connectivity index (χ2n) is 3.99. The lowest BCUT2D eigenvalue weighted by atomic mass is 10.1. The summed E-state index contributed by atoms with van der Waals surface area (Å²) in [6, 6.07) is 6.02. The number of rotatable bonds is 2. The monoisotopic (exact) mass is 261 g/mol. The number of carbonyl (C=O) groups excluding carboxylic acids is 2. The van der Waals surface area contributed by atoms with Crippen molar-refractivity contribution in [2.45, 2.75) is 6.54 Å².